The Morgan fingerprint density at radius 2 is 1.88 bits per heavy atom. The maximum Gasteiger partial charge on any atom is 0.412 e. The zero-order chi connectivity index (χ0) is 12.7. The fourth-order valence-electron chi connectivity index (χ4n) is 1.11. The highest BCUT2D eigenvalue weighted by Crippen LogP contribution is 2.10. The summed E-state index contributed by atoms with van der Waals surface area (Å²) < 4.78 is 9.30. The molecule has 1 aromatic rings. The van der Waals surface area contributed by atoms with Crippen LogP contribution in [0.5, 0.6) is 0 Å². The predicted octanol–water partition coefficient (Wildman–Crippen LogP) is 2.61. The number of carbonyl (C=O) groups excluding carboxylic acids is 2. The van der Waals surface area contributed by atoms with Gasteiger partial charge in [0.1, 0.15) is 0 Å². The summed E-state index contributed by atoms with van der Waals surface area (Å²) in [6.07, 6.45) is -0.649. The summed E-state index contributed by atoms with van der Waals surface area (Å²) in [6.45, 7) is 2.05. The molecular weight excluding hydrogens is 246 g/mol. The molecule has 1 aromatic carbocycles. The Bertz CT molecular complexity index is 391. The van der Waals surface area contributed by atoms with Gasteiger partial charge in [-0.25, -0.2) is 9.59 Å². The monoisotopic (exact) mass is 257 g/mol. The van der Waals surface area contributed by atoms with E-state index >= 15 is 0 Å². The van der Waals surface area contributed by atoms with E-state index < -0.39 is 12.1 Å². The number of carbonyl (C=O) groups is 2. The van der Waals surface area contributed by atoms with Gasteiger partial charge in [0.05, 0.1) is 12.2 Å². The number of halogens is 1. The van der Waals surface area contributed by atoms with Gasteiger partial charge in [-0.05, 0) is 31.2 Å². The highest BCUT2D eigenvalue weighted by atomic mass is 35.5. The van der Waals surface area contributed by atoms with Crippen LogP contribution in [0.25, 0.3) is 0 Å². The van der Waals surface area contributed by atoms with Crippen LogP contribution in [0.15, 0.2) is 24.3 Å². The molecule has 92 valence electrons. The summed E-state index contributed by atoms with van der Waals surface area (Å²) in [5.74, 6) is -0.401. The highest BCUT2D eigenvalue weighted by Gasteiger charge is 2.07. The number of benzene rings is 1. The van der Waals surface area contributed by atoms with Crippen molar-refractivity contribution in [3.63, 3.8) is 0 Å². The second kappa shape index (κ2) is 6.75. The first-order valence-electron chi connectivity index (χ1n) is 4.94. The first-order chi connectivity index (χ1) is 8.17. The van der Waals surface area contributed by atoms with Crippen LogP contribution in [0.2, 0.25) is 0 Å². The van der Waals surface area contributed by atoms with Crippen molar-refractivity contribution in [3.8, 4) is 0 Å². The van der Waals surface area contributed by atoms with Crippen LogP contribution in [0.4, 0.5) is 10.5 Å². The Balaban J connectivity index is 2.61. The number of amides is 1. The molecule has 0 bridgehead atoms. The maximum absolute atomic E-state index is 11.3. The SMILES string of the molecule is CCOC(=O)c1ccc(NC(=O)OCCl)cc1. The number of anilines is 1. The lowest BCUT2D eigenvalue weighted by molar-refractivity contribution is 0.0526. The van der Waals surface area contributed by atoms with Crippen LogP contribution in [-0.2, 0) is 9.47 Å². The Labute approximate surface area is 104 Å². The van der Waals surface area contributed by atoms with E-state index in [2.05, 4.69) is 10.1 Å². The number of nitrogens with one attached hydrogen (secondary N) is 1. The first-order valence-corrected chi connectivity index (χ1v) is 5.47. The molecule has 0 aliphatic carbocycles. The molecule has 1 amide bonds. The van der Waals surface area contributed by atoms with Gasteiger partial charge in [-0.1, -0.05) is 11.6 Å². The number of ether oxygens (including phenoxy) is 2. The van der Waals surface area contributed by atoms with E-state index in [0.29, 0.717) is 17.9 Å². The topological polar surface area (TPSA) is 64.6 Å². The minimum absolute atomic E-state index is 0.216. The van der Waals surface area contributed by atoms with Crippen molar-refractivity contribution in [3.05, 3.63) is 29.8 Å². The molecule has 0 aliphatic heterocycles. The molecule has 0 heterocycles. The quantitative estimate of drug-likeness (QED) is 0.665. The fourth-order valence-corrected chi connectivity index (χ4v) is 1.21. The molecule has 0 atom stereocenters. The van der Waals surface area contributed by atoms with E-state index in [0.717, 1.165) is 0 Å². The van der Waals surface area contributed by atoms with E-state index in [1.165, 1.54) is 0 Å². The minimum Gasteiger partial charge on any atom is -0.462 e. The molecule has 1 rings (SSSR count). The van der Waals surface area contributed by atoms with Crippen LogP contribution in [0.1, 0.15) is 17.3 Å². The van der Waals surface area contributed by atoms with Crippen LogP contribution in [0.3, 0.4) is 0 Å². The van der Waals surface area contributed by atoms with Crippen molar-refractivity contribution < 1.29 is 19.1 Å². The van der Waals surface area contributed by atoms with Gasteiger partial charge >= 0.3 is 12.1 Å². The molecule has 5 nitrogen and oxygen atoms in total. The highest BCUT2D eigenvalue weighted by molar-refractivity contribution is 6.17. The molecule has 0 radical (unpaired) electrons. The maximum atomic E-state index is 11.3. The van der Waals surface area contributed by atoms with Gasteiger partial charge in [0.2, 0.25) is 0 Å². The summed E-state index contributed by atoms with van der Waals surface area (Å²) >= 11 is 5.22. The lowest BCUT2D eigenvalue weighted by atomic mass is 10.2. The third kappa shape index (κ3) is 4.32. The third-order valence-electron chi connectivity index (χ3n) is 1.83. The minimum atomic E-state index is -0.649. The van der Waals surface area contributed by atoms with Crippen molar-refractivity contribution in [1.82, 2.24) is 0 Å². The van der Waals surface area contributed by atoms with E-state index in [9.17, 15) is 9.59 Å². The number of hydrogen-bond donors (Lipinski definition) is 1. The zero-order valence-electron chi connectivity index (χ0n) is 9.23. The first kappa shape index (κ1) is 13.3. The van der Waals surface area contributed by atoms with Crippen molar-refractivity contribution >= 4 is 29.4 Å². The molecule has 0 saturated carbocycles. The lowest BCUT2D eigenvalue weighted by Gasteiger charge is -2.05. The van der Waals surface area contributed by atoms with Crippen molar-refractivity contribution in [2.24, 2.45) is 0 Å². The van der Waals surface area contributed by atoms with E-state index in [-0.39, 0.29) is 6.07 Å². The van der Waals surface area contributed by atoms with Crippen LogP contribution >= 0.6 is 11.6 Å². The molecule has 17 heavy (non-hydrogen) atoms. The van der Waals surface area contributed by atoms with Gasteiger partial charge < -0.3 is 9.47 Å². The smallest absolute Gasteiger partial charge is 0.412 e. The second-order valence-electron chi connectivity index (χ2n) is 2.96. The van der Waals surface area contributed by atoms with Gasteiger partial charge in [0.15, 0.2) is 6.07 Å². The van der Waals surface area contributed by atoms with Crippen molar-refractivity contribution in [2.45, 2.75) is 6.92 Å². The summed E-state index contributed by atoms with van der Waals surface area (Å²) in [5, 5.41) is 2.44. The van der Waals surface area contributed by atoms with Crippen LogP contribution < -0.4 is 5.32 Å². The van der Waals surface area contributed by atoms with Crippen LogP contribution in [0, 0.1) is 0 Å². The van der Waals surface area contributed by atoms with Crippen molar-refractivity contribution in [1.29, 1.82) is 0 Å². The average Bonchev–Trinajstić information content (AvgIpc) is 2.30. The van der Waals surface area contributed by atoms with Gasteiger partial charge in [-0.15, -0.1) is 0 Å². The van der Waals surface area contributed by atoms with Gasteiger partial charge in [-0.2, -0.15) is 0 Å². The molecule has 0 spiro atoms. The number of rotatable bonds is 4. The van der Waals surface area contributed by atoms with Crippen LogP contribution in [-0.4, -0.2) is 24.7 Å². The van der Waals surface area contributed by atoms with Gasteiger partial charge in [-0.3, -0.25) is 5.32 Å². The Morgan fingerprint density at radius 3 is 2.41 bits per heavy atom. The van der Waals surface area contributed by atoms with E-state index in [1.807, 2.05) is 0 Å². The number of esters is 1. The van der Waals surface area contributed by atoms with Gasteiger partial charge in [0.25, 0.3) is 0 Å². The normalized spacial score (nSPS) is 9.53. The fraction of sp³-hybridized carbons (Fsp3) is 0.273. The summed E-state index contributed by atoms with van der Waals surface area (Å²) in [6, 6.07) is 6.03. The number of alkyl halides is 1. The molecular formula is C11H12ClNO4. The second-order valence-corrected chi connectivity index (χ2v) is 3.18. The summed E-state index contributed by atoms with van der Waals surface area (Å²) in [5.41, 5.74) is 0.927. The van der Waals surface area contributed by atoms with E-state index in [4.69, 9.17) is 16.3 Å². The molecule has 0 fully saturated rings. The Kier molecular flexibility index (Phi) is 5.29. The summed E-state index contributed by atoms with van der Waals surface area (Å²) in [4.78, 5) is 22.4. The molecule has 6 heteroatoms. The molecule has 0 saturated heterocycles. The van der Waals surface area contributed by atoms with Gasteiger partial charge in [0, 0.05) is 5.69 Å². The standard InChI is InChI=1S/C11H12ClNO4/c1-2-16-10(14)8-3-5-9(6-4-8)13-11(15)17-7-12/h3-6H,2,7H2,1H3,(H,13,15). The number of hydrogen-bond acceptors (Lipinski definition) is 4. The molecule has 1 N–H and O–H groups in total. The Morgan fingerprint density at radius 1 is 1.24 bits per heavy atom. The Hall–Kier alpha value is -1.75. The molecule has 0 aliphatic rings. The average molecular weight is 258 g/mol. The zero-order valence-corrected chi connectivity index (χ0v) is 9.99. The molecule has 0 aromatic heterocycles. The predicted molar refractivity (Wildman–Crippen MR) is 63.2 cm³/mol. The lowest BCUT2D eigenvalue weighted by Crippen LogP contribution is -2.12. The molecule has 0 unspecified atom stereocenters. The largest absolute Gasteiger partial charge is 0.462 e. The van der Waals surface area contributed by atoms with Crippen molar-refractivity contribution in [2.75, 3.05) is 18.0 Å². The van der Waals surface area contributed by atoms with E-state index in [1.54, 1.807) is 31.2 Å². The third-order valence-corrected chi connectivity index (χ3v) is 1.94. The summed E-state index contributed by atoms with van der Waals surface area (Å²) in [7, 11) is 0.